The van der Waals surface area contributed by atoms with E-state index in [0.29, 0.717) is 10.3 Å². The van der Waals surface area contributed by atoms with Crippen molar-refractivity contribution in [2.45, 2.75) is 6.42 Å². The van der Waals surface area contributed by atoms with Crippen molar-refractivity contribution in [3.63, 3.8) is 0 Å². The summed E-state index contributed by atoms with van der Waals surface area (Å²) in [6.07, 6.45) is 3.51. The molecule has 0 spiro atoms. The fourth-order valence-electron chi connectivity index (χ4n) is 1.55. The lowest BCUT2D eigenvalue weighted by molar-refractivity contribution is 0.0980. The number of ketones is 1. The van der Waals surface area contributed by atoms with Gasteiger partial charge in [-0.15, -0.1) is 0 Å². The van der Waals surface area contributed by atoms with Crippen molar-refractivity contribution in [2.24, 2.45) is 7.05 Å². The number of Topliss-reactive ketones (excluding diaryl/α,β-unsaturated/α-hetero) is 1. The van der Waals surface area contributed by atoms with Crippen molar-refractivity contribution >= 4 is 21.7 Å². The number of halogens is 2. The molecule has 0 unspecified atom stereocenters. The van der Waals surface area contributed by atoms with Gasteiger partial charge < -0.3 is 4.57 Å². The number of aryl methyl sites for hydroxylation is 1. The van der Waals surface area contributed by atoms with Gasteiger partial charge in [0, 0.05) is 25.9 Å². The SMILES string of the molecule is Cn1ccnc1C(=O)Cc1ccc(F)c(Br)c1. The van der Waals surface area contributed by atoms with Crippen molar-refractivity contribution in [1.29, 1.82) is 0 Å². The number of carbonyl (C=O) groups excluding carboxylic acids is 1. The molecule has 1 aromatic carbocycles. The van der Waals surface area contributed by atoms with Gasteiger partial charge >= 0.3 is 0 Å². The van der Waals surface area contributed by atoms with Gasteiger partial charge in [-0.1, -0.05) is 6.07 Å². The van der Waals surface area contributed by atoms with Gasteiger partial charge in [-0.25, -0.2) is 9.37 Å². The minimum atomic E-state index is -0.335. The highest BCUT2D eigenvalue weighted by Gasteiger charge is 2.12. The maximum Gasteiger partial charge on any atom is 0.202 e. The molecule has 0 atom stereocenters. The molecule has 0 aliphatic carbocycles. The first kappa shape index (κ1) is 12.0. The summed E-state index contributed by atoms with van der Waals surface area (Å²) >= 11 is 3.09. The van der Waals surface area contributed by atoms with Crippen molar-refractivity contribution in [3.05, 3.63) is 52.3 Å². The van der Waals surface area contributed by atoms with Crippen LogP contribution in [0.4, 0.5) is 4.39 Å². The number of aromatic nitrogens is 2. The first-order chi connectivity index (χ1) is 8.08. The molecular formula is C12H10BrFN2O. The van der Waals surface area contributed by atoms with Gasteiger partial charge in [-0.05, 0) is 33.6 Å². The molecule has 3 nitrogen and oxygen atoms in total. The first-order valence-corrected chi connectivity index (χ1v) is 5.81. The third-order valence-electron chi connectivity index (χ3n) is 2.42. The van der Waals surface area contributed by atoms with Crippen molar-refractivity contribution in [2.75, 3.05) is 0 Å². The summed E-state index contributed by atoms with van der Waals surface area (Å²) in [6.45, 7) is 0. The number of rotatable bonds is 3. The zero-order chi connectivity index (χ0) is 12.4. The van der Waals surface area contributed by atoms with Crippen molar-refractivity contribution in [3.8, 4) is 0 Å². The number of imidazole rings is 1. The number of carbonyl (C=O) groups is 1. The molecule has 88 valence electrons. The van der Waals surface area contributed by atoms with Crippen LogP contribution < -0.4 is 0 Å². The Morgan fingerprint density at radius 3 is 2.88 bits per heavy atom. The van der Waals surface area contributed by atoms with Gasteiger partial charge in [-0.2, -0.15) is 0 Å². The third kappa shape index (κ3) is 2.61. The van der Waals surface area contributed by atoms with Crippen LogP contribution in [-0.2, 0) is 13.5 Å². The molecule has 5 heteroatoms. The molecule has 17 heavy (non-hydrogen) atoms. The van der Waals surface area contributed by atoms with E-state index in [2.05, 4.69) is 20.9 Å². The summed E-state index contributed by atoms with van der Waals surface area (Å²) in [5.41, 5.74) is 0.756. The van der Waals surface area contributed by atoms with Crippen LogP contribution in [0.5, 0.6) is 0 Å². The number of nitrogens with zero attached hydrogens (tertiary/aromatic N) is 2. The van der Waals surface area contributed by atoms with Crippen LogP contribution in [0.3, 0.4) is 0 Å². The molecule has 0 saturated carbocycles. The molecule has 0 N–H and O–H groups in total. The van der Waals surface area contributed by atoms with Crippen LogP contribution in [0.15, 0.2) is 35.1 Å². The second kappa shape index (κ2) is 4.79. The van der Waals surface area contributed by atoms with Gasteiger partial charge in [-0.3, -0.25) is 4.79 Å². The second-order valence-electron chi connectivity index (χ2n) is 3.71. The molecule has 1 aromatic heterocycles. The van der Waals surface area contributed by atoms with E-state index >= 15 is 0 Å². The zero-order valence-corrected chi connectivity index (χ0v) is 10.7. The second-order valence-corrected chi connectivity index (χ2v) is 4.56. The smallest absolute Gasteiger partial charge is 0.202 e. The molecule has 0 saturated heterocycles. The Morgan fingerprint density at radius 1 is 1.53 bits per heavy atom. The van der Waals surface area contributed by atoms with Crippen LogP contribution in [0, 0.1) is 5.82 Å². The van der Waals surface area contributed by atoms with Crippen molar-refractivity contribution in [1.82, 2.24) is 9.55 Å². The molecule has 0 aliphatic rings. The van der Waals surface area contributed by atoms with Crippen LogP contribution in [-0.4, -0.2) is 15.3 Å². The highest BCUT2D eigenvalue weighted by atomic mass is 79.9. The lowest BCUT2D eigenvalue weighted by Crippen LogP contribution is -2.10. The Labute approximate surface area is 106 Å². The van der Waals surface area contributed by atoms with Crippen LogP contribution >= 0.6 is 15.9 Å². The fraction of sp³-hybridized carbons (Fsp3) is 0.167. The lowest BCUT2D eigenvalue weighted by Gasteiger charge is -2.03. The average molecular weight is 297 g/mol. The molecule has 1 heterocycles. The first-order valence-electron chi connectivity index (χ1n) is 5.02. The summed E-state index contributed by atoms with van der Waals surface area (Å²) in [5.74, 6) is -0.0142. The molecule has 0 fully saturated rings. The zero-order valence-electron chi connectivity index (χ0n) is 9.15. The minimum absolute atomic E-state index is 0.0870. The fourth-order valence-corrected chi connectivity index (χ4v) is 1.97. The van der Waals surface area contributed by atoms with E-state index in [1.54, 1.807) is 36.1 Å². The highest BCUT2D eigenvalue weighted by molar-refractivity contribution is 9.10. The highest BCUT2D eigenvalue weighted by Crippen LogP contribution is 2.17. The van der Waals surface area contributed by atoms with Crippen LogP contribution in [0.1, 0.15) is 16.2 Å². The summed E-state index contributed by atoms with van der Waals surface area (Å²) in [5, 5.41) is 0. The predicted molar refractivity (Wildman–Crippen MR) is 65.3 cm³/mol. The standard InChI is InChI=1S/C12H10BrFN2O/c1-16-5-4-15-12(16)11(17)7-8-2-3-10(14)9(13)6-8/h2-6H,7H2,1H3. The quantitative estimate of drug-likeness (QED) is 0.817. The van der Waals surface area contributed by atoms with E-state index in [1.165, 1.54) is 6.07 Å². The third-order valence-corrected chi connectivity index (χ3v) is 3.03. The van der Waals surface area contributed by atoms with E-state index in [-0.39, 0.29) is 18.0 Å². The largest absolute Gasteiger partial charge is 0.332 e. The van der Waals surface area contributed by atoms with E-state index in [4.69, 9.17) is 0 Å². The molecular weight excluding hydrogens is 287 g/mol. The van der Waals surface area contributed by atoms with Gasteiger partial charge in [0.05, 0.1) is 4.47 Å². The maximum absolute atomic E-state index is 13.0. The van der Waals surface area contributed by atoms with Crippen molar-refractivity contribution < 1.29 is 9.18 Å². The topological polar surface area (TPSA) is 34.9 Å². The summed E-state index contributed by atoms with van der Waals surface area (Å²) in [7, 11) is 1.76. The summed E-state index contributed by atoms with van der Waals surface area (Å²) < 4.78 is 15.1. The van der Waals surface area contributed by atoms with Crippen LogP contribution in [0.2, 0.25) is 0 Å². The Balaban J connectivity index is 2.19. The van der Waals surface area contributed by atoms with Gasteiger partial charge in [0.1, 0.15) is 5.82 Å². The molecule has 0 amide bonds. The summed E-state index contributed by atoms with van der Waals surface area (Å²) in [6, 6.07) is 4.54. The van der Waals surface area contributed by atoms with Gasteiger partial charge in [0.15, 0.2) is 5.82 Å². The minimum Gasteiger partial charge on any atom is -0.332 e. The molecule has 2 rings (SSSR count). The van der Waals surface area contributed by atoms with E-state index in [0.717, 1.165) is 5.56 Å². The van der Waals surface area contributed by atoms with E-state index in [1.807, 2.05) is 0 Å². The van der Waals surface area contributed by atoms with Gasteiger partial charge in [0.25, 0.3) is 0 Å². The molecule has 0 radical (unpaired) electrons. The monoisotopic (exact) mass is 296 g/mol. The Bertz CT molecular complexity index is 565. The van der Waals surface area contributed by atoms with Crippen LogP contribution in [0.25, 0.3) is 0 Å². The lowest BCUT2D eigenvalue weighted by atomic mass is 10.1. The number of hydrogen-bond donors (Lipinski definition) is 0. The number of hydrogen-bond acceptors (Lipinski definition) is 2. The molecule has 2 aromatic rings. The molecule has 0 bridgehead atoms. The molecule has 0 aliphatic heterocycles. The van der Waals surface area contributed by atoms with E-state index < -0.39 is 0 Å². The number of benzene rings is 1. The Hall–Kier alpha value is -1.49. The summed E-state index contributed by atoms with van der Waals surface area (Å²) in [4.78, 5) is 15.9. The van der Waals surface area contributed by atoms with Gasteiger partial charge in [0.2, 0.25) is 5.78 Å². The normalized spacial score (nSPS) is 10.5. The average Bonchev–Trinajstić information content (AvgIpc) is 2.70. The Kier molecular flexibility index (Phi) is 3.38. The Morgan fingerprint density at radius 2 is 2.29 bits per heavy atom. The maximum atomic E-state index is 13.0. The van der Waals surface area contributed by atoms with E-state index in [9.17, 15) is 9.18 Å². The predicted octanol–water partition coefficient (Wildman–Crippen LogP) is 2.75.